The largest absolute Gasteiger partial charge is 0.338 e. The highest BCUT2D eigenvalue weighted by molar-refractivity contribution is 5.96. The van der Waals surface area contributed by atoms with Crippen molar-refractivity contribution in [2.24, 2.45) is 17.8 Å². The molecule has 1 aliphatic carbocycles. The highest BCUT2D eigenvalue weighted by atomic mass is 19.1. The van der Waals surface area contributed by atoms with Crippen LogP contribution in [0.3, 0.4) is 0 Å². The van der Waals surface area contributed by atoms with Crippen LogP contribution in [0.25, 0.3) is 0 Å². The number of aryl methyl sites for hydroxylation is 1. The molecule has 0 radical (unpaired) electrons. The molecule has 31 heavy (non-hydrogen) atoms. The maximum atomic E-state index is 13.6. The van der Waals surface area contributed by atoms with Gasteiger partial charge in [-0.05, 0) is 73.3 Å². The van der Waals surface area contributed by atoms with Crippen molar-refractivity contribution in [2.75, 3.05) is 13.1 Å². The molecule has 2 heterocycles. The highest BCUT2D eigenvalue weighted by Crippen LogP contribution is 2.44. The lowest BCUT2D eigenvalue weighted by atomic mass is 9.87. The van der Waals surface area contributed by atoms with Gasteiger partial charge >= 0.3 is 0 Å². The molecule has 3 atom stereocenters. The van der Waals surface area contributed by atoms with Crippen LogP contribution in [-0.4, -0.2) is 33.4 Å². The minimum Gasteiger partial charge on any atom is -0.338 e. The molecule has 2 fully saturated rings. The van der Waals surface area contributed by atoms with Crippen LogP contribution in [0.5, 0.6) is 0 Å². The number of halogens is 1. The topological polar surface area (TPSA) is 38.1 Å². The molecule has 1 saturated heterocycles. The zero-order chi connectivity index (χ0) is 21.4. The fourth-order valence-electron chi connectivity index (χ4n) is 5.56. The van der Waals surface area contributed by atoms with Gasteiger partial charge in [-0.1, -0.05) is 30.3 Å². The van der Waals surface area contributed by atoms with Crippen molar-refractivity contribution in [3.8, 4) is 0 Å². The average Bonchev–Trinajstić information content (AvgIpc) is 3.46. The smallest absolute Gasteiger partial charge is 0.254 e. The lowest BCUT2D eigenvalue weighted by molar-refractivity contribution is 0.0775. The monoisotopic (exact) mass is 417 g/mol. The fraction of sp³-hybridized carbons (Fsp3) is 0.385. The van der Waals surface area contributed by atoms with E-state index in [-0.39, 0.29) is 11.7 Å². The third kappa shape index (κ3) is 4.01. The molecule has 4 nitrogen and oxygen atoms in total. The van der Waals surface area contributed by atoms with Gasteiger partial charge < -0.3 is 9.47 Å². The van der Waals surface area contributed by atoms with Crippen LogP contribution in [0.2, 0.25) is 0 Å². The number of benzene rings is 2. The number of fused-ring (bicyclic) bond motifs is 1. The summed E-state index contributed by atoms with van der Waals surface area (Å²) in [5, 5.41) is 0. The average molecular weight is 418 g/mol. The lowest BCUT2D eigenvalue weighted by Crippen LogP contribution is -2.31. The Hall–Kier alpha value is -2.95. The Labute approximate surface area is 182 Å². The molecule has 2 aliphatic rings. The van der Waals surface area contributed by atoms with Crippen molar-refractivity contribution in [3.05, 3.63) is 89.3 Å². The number of carbonyl (C=O) groups excluding carboxylic acids is 1. The quantitative estimate of drug-likeness (QED) is 0.603. The third-order valence-electron chi connectivity index (χ3n) is 7.19. The van der Waals surface area contributed by atoms with E-state index in [1.165, 1.54) is 12.5 Å². The van der Waals surface area contributed by atoms with Gasteiger partial charge in [-0.25, -0.2) is 9.37 Å². The molecule has 3 aromatic rings. The Kier molecular flexibility index (Phi) is 5.34. The first kappa shape index (κ1) is 20.0. The number of aromatic nitrogens is 2. The molecule has 1 aromatic heterocycles. The zero-order valence-electron chi connectivity index (χ0n) is 17.9. The van der Waals surface area contributed by atoms with Gasteiger partial charge in [0.2, 0.25) is 0 Å². The minimum atomic E-state index is -0.167. The number of nitrogens with zero attached hydrogens (tertiary/aromatic N) is 3. The summed E-state index contributed by atoms with van der Waals surface area (Å²) < 4.78 is 15.7. The minimum absolute atomic E-state index is 0.132. The van der Waals surface area contributed by atoms with Crippen molar-refractivity contribution in [1.29, 1.82) is 0 Å². The van der Waals surface area contributed by atoms with E-state index in [0.717, 1.165) is 48.4 Å². The summed E-state index contributed by atoms with van der Waals surface area (Å²) in [5.74, 6) is 2.50. The van der Waals surface area contributed by atoms with Gasteiger partial charge in [0.25, 0.3) is 5.91 Å². The summed E-state index contributed by atoms with van der Waals surface area (Å²) >= 11 is 0. The molecule has 0 spiro atoms. The highest BCUT2D eigenvalue weighted by Gasteiger charge is 2.44. The lowest BCUT2D eigenvalue weighted by Gasteiger charge is -2.22. The van der Waals surface area contributed by atoms with E-state index in [2.05, 4.69) is 9.55 Å². The molecule has 0 unspecified atom stereocenters. The van der Waals surface area contributed by atoms with E-state index in [9.17, 15) is 9.18 Å². The number of amides is 1. The second-order valence-corrected chi connectivity index (χ2v) is 9.07. The van der Waals surface area contributed by atoms with Crippen molar-refractivity contribution in [3.63, 3.8) is 0 Å². The Balaban J connectivity index is 1.30. The van der Waals surface area contributed by atoms with Crippen molar-refractivity contribution in [2.45, 2.75) is 32.7 Å². The summed E-state index contributed by atoms with van der Waals surface area (Å²) in [7, 11) is 0. The van der Waals surface area contributed by atoms with Crippen LogP contribution in [0, 0.1) is 30.5 Å². The third-order valence-corrected chi connectivity index (χ3v) is 7.19. The van der Waals surface area contributed by atoms with Crippen LogP contribution in [-0.2, 0) is 13.0 Å². The molecular weight excluding hydrogens is 389 g/mol. The predicted molar refractivity (Wildman–Crippen MR) is 118 cm³/mol. The standard InChI is InChI=1S/C26H28FN3O/c1-18-28-11-12-29(18)15-21-6-2-3-8-24(21)26(31)30-16-22-10-9-20(25(22)17-30)13-19-5-4-7-23(27)14-19/h2-8,11-12,14,20,22,25H,9-10,13,15-17H2,1H3/t20-,22-,25-/m1/s1. The van der Waals surface area contributed by atoms with E-state index in [4.69, 9.17) is 0 Å². The van der Waals surface area contributed by atoms with Gasteiger partial charge in [-0.2, -0.15) is 0 Å². The fourth-order valence-corrected chi connectivity index (χ4v) is 5.56. The summed E-state index contributed by atoms with van der Waals surface area (Å²) in [6.07, 6.45) is 6.97. The number of hydrogen-bond acceptors (Lipinski definition) is 2. The van der Waals surface area contributed by atoms with Crippen LogP contribution in [0.15, 0.2) is 60.9 Å². The Morgan fingerprint density at radius 3 is 2.81 bits per heavy atom. The molecule has 5 rings (SSSR count). The van der Waals surface area contributed by atoms with Crippen molar-refractivity contribution < 1.29 is 9.18 Å². The Morgan fingerprint density at radius 2 is 2.00 bits per heavy atom. The second-order valence-electron chi connectivity index (χ2n) is 9.07. The van der Waals surface area contributed by atoms with Crippen LogP contribution in [0.1, 0.15) is 40.2 Å². The van der Waals surface area contributed by atoms with Gasteiger partial charge in [0.1, 0.15) is 11.6 Å². The first-order chi connectivity index (χ1) is 15.1. The molecule has 1 aliphatic heterocycles. The molecule has 2 aromatic carbocycles. The molecule has 1 amide bonds. The number of carbonyl (C=O) groups is 1. The molecular formula is C26H28FN3O. The van der Waals surface area contributed by atoms with E-state index in [1.54, 1.807) is 18.3 Å². The molecule has 0 bridgehead atoms. The number of likely N-dealkylation sites (tertiary alicyclic amines) is 1. The second kappa shape index (κ2) is 8.29. The zero-order valence-corrected chi connectivity index (χ0v) is 17.9. The van der Waals surface area contributed by atoms with E-state index in [1.807, 2.05) is 48.4 Å². The summed E-state index contributed by atoms with van der Waals surface area (Å²) in [6, 6.07) is 14.9. The Bertz CT molecular complexity index is 1090. The van der Waals surface area contributed by atoms with Crippen LogP contribution in [0.4, 0.5) is 4.39 Å². The van der Waals surface area contributed by atoms with Crippen molar-refractivity contribution >= 4 is 5.91 Å². The summed E-state index contributed by atoms with van der Waals surface area (Å²) in [6.45, 7) is 4.27. The van der Waals surface area contributed by atoms with E-state index in [0.29, 0.717) is 24.3 Å². The van der Waals surface area contributed by atoms with Crippen LogP contribution >= 0.6 is 0 Å². The number of hydrogen-bond donors (Lipinski definition) is 0. The maximum absolute atomic E-state index is 13.6. The number of rotatable bonds is 5. The molecule has 1 saturated carbocycles. The van der Waals surface area contributed by atoms with Gasteiger partial charge in [-0.15, -0.1) is 0 Å². The first-order valence-corrected chi connectivity index (χ1v) is 11.2. The number of imidazole rings is 1. The van der Waals surface area contributed by atoms with E-state index < -0.39 is 0 Å². The van der Waals surface area contributed by atoms with Crippen molar-refractivity contribution in [1.82, 2.24) is 14.5 Å². The maximum Gasteiger partial charge on any atom is 0.254 e. The van der Waals surface area contributed by atoms with Crippen LogP contribution < -0.4 is 0 Å². The molecule has 5 heteroatoms. The first-order valence-electron chi connectivity index (χ1n) is 11.2. The molecule has 160 valence electrons. The van der Waals surface area contributed by atoms with Gasteiger partial charge in [0.05, 0.1) is 0 Å². The Morgan fingerprint density at radius 1 is 1.13 bits per heavy atom. The van der Waals surface area contributed by atoms with Gasteiger partial charge in [0, 0.05) is 37.6 Å². The van der Waals surface area contributed by atoms with E-state index >= 15 is 0 Å². The summed E-state index contributed by atoms with van der Waals surface area (Å²) in [5.41, 5.74) is 2.88. The molecule has 0 N–H and O–H groups in total. The van der Waals surface area contributed by atoms with Gasteiger partial charge in [-0.3, -0.25) is 4.79 Å². The normalized spacial score (nSPS) is 22.6. The predicted octanol–water partition coefficient (Wildman–Crippen LogP) is 4.72. The van der Waals surface area contributed by atoms with Gasteiger partial charge in [0.15, 0.2) is 0 Å². The summed E-state index contributed by atoms with van der Waals surface area (Å²) in [4.78, 5) is 19.8. The SMILES string of the molecule is Cc1nccn1Cc1ccccc1C(=O)N1C[C@H]2CC[C@H](Cc3cccc(F)c3)[C@H]2C1.